The molecule has 3 heterocycles. The largest absolute Gasteiger partial charge is 1.00 e. The molecule has 0 spiro atoms. The Morgan fingerprint density at radius 3 is 1.26 bits per heavy atom. The molecule has 0 saturated heterocycles. The second kappa shape index (κ2) is 19.8. The molecule has 0 aliphatic carbocycles. The van der Waals surface area contributed by atoms with E-state index in [9.17, 15) is 34.4 Å². The van der Waals surface area contributed by atoms with Gasteiger partial charge in [-0.25, -0.2) is 22.0 Å². The number of halogens is 4. The van der Waals surface area contributed by atoms with Gasteiger partial charge in [0, 0.05) is 16.2 Å². The van der Waals surface area contributed by atoms with E-state index in [1.165, 1.54) is 0 Å². The fourth-order valence-corrected chi connectivity index (χ4v) is 5.53. The van der Waals surface area contributed by atoms with Gasteiger partial charge in [0.25, 0.3) is 10.1 Å². The Kier molecular flexibility index (Phi) is 18.3. The van der Waals surface area contributed by atoms with E-state index in [4.69, 9.17) is 30.6 Å². The smallest absolute Gasteiger partial charge is 0.748 e. The molecule has 6 rings (SSSR count). The number of rotatable bonds is 7. The van der Waals surface area contributed by atoms with Crippen LogP contribution in [0.1, 0.15) is 17.1 Å². The maximum absolute atomic E-state index is 11.1. The quantitative estimate of drug-likeness (QED) is 0.132. The second-order valence-electron chi connectivity index (χ2n) is 9.05. The van der Waals surface area contributed by atoms with Gasteiger partial charge in [-0.05, 0) is 70.1 Å². The number of nitrogens with two attached hydrogens (primary N) is 1. The first-order valence-corrected chi connectivity index (χ1v) is 22.0. The minimum Gasteiger partial charge on any atom is -0.748 e. The van der Waals surface area contributed by atoms with Crippen LogP contribution >= 0.6 is 50.8 Å². The van der Waals surface area contributed by atoms with Crippen molar-refractivity contribution in [2.45, 2.75) is 17.3 Å². The van der Waals surface area contributed by atoms with E-state index in [1.807, 2.05) is 0 Å². The third-order valence-corrected chi connectivity index (χ3v) is 8.11. The van der Waals surface area contributed by atoms with E-state index in [0.29, 0.717) is 38.6 Å². The fourth-order valence-electron chi connectivity index (χ4n) is 3.67. The average molecular weight is 865 g/mol. The number of sulfonamides is 1. The number of fused-ring (bicyclic) bond motifs is 3. The predicted molar refractivity (Wildman–Crippen MR) is 182 cm³/mol. The first kappa shape index (κ1) is 46.2. The summed E-state index contributed by atoms with van der Waals surface area (Å²) >= 11 is 18.7. The van der Waals surface area contributed by atoms with Crippen molar-refractivity contribution in [2.24, 2.45) is 5.14 Å². The Bertz CT molecular complexity index is 2280. The Hall–Kier alpha value is -1.85. The van der Waals surface area contributed by atoms with Gasteiger partial charge < -0.3 is 24.3 Å². The Balaban J connectivity index is 0.000000345. The van der Waals surface area contributed by atoms with Crippen molar-refractivity contribution in [3.05, 3.63) is 89.9 Å². The molecule has 0 radical (unpaired) electrons. The molecule has 0 aliphatic heterocycles. The van der Waals surface area contributed by atoms with Crippen LogP contribution in [0.4, 0.5) is 0 Å². The molecule has 0 saturated carbocycles. The van der Waals surface area contributed by atoms with E-state index in [-0.39, 0.29) is 52.8 Å². The van der Waals surface area contributed by atoms with E-state index in [0.717, 1.165) is 0 Å². The second-order valence-corrected chi connectivity index (χ2v) is 20.6. The van der Waals surface area contributed by atoms with Crippen LogP contribution in [-0.4, -0.2) is 45.3 Å². The van der Waals surface area contributed by atoms with Crippen molar-refractivity contribution in [1.29, 1.82) is 0 Å². The minimum absolute atomic E-state index is 0. The summed E-state index contributed by atoms with van der Waals surface area (Å²) in [5, 5.41) is 14.4. The van der Waals surface area contributed by atoms with Gasteiger partial charge in [0.1, 0.15) is 38.7 Å². The summed E-state index contributed by atoms with van der Waals surface area (Å²) in [6.45, 7) is 0. The summed E-state index contributed by atoms with van der Waals surface area (Å²) in [5.74, 6) is -1.35. The average Bonchev–Trinajstić information content (AvgIpc) is 3.69. The van der Waals surface area contributed by atoms with Gasteiger partial charge in [0.05, 0.1) is 17.6 Å². The number of nitrogens with zero attached hydrogens (tertiary/aromatic N) is 3. The van der Waals surface area contributed by atoms with Gasteiger partial charge in [-0.1, -0.05) is 51.9 Å². The van der Waals surface area contributed by atoms with Crippen LogP contribution in [0.3, 0.4) is 0 Å². The molecule has 3 aromatic heterocycles. The zero-order valence-corrected chi connectivity index (χ0v) is 33.6. The molecule has 0 unspecified atom stereocenters. The van der Waals surface area contributed by atoms with Crippen LogP contribution in [0.15, 0.2) is 86.4 Å². The number of benzene rings is 3. The van der Waals surface area contributed by atoms with Crippen LogP contribution < -0.4 is 40.8 Å². The van der Waals surface area contributed by atoms with Gasteiger partial charge in [-0.2, -0.15) is 12.2 Å². The van der Waals surface area contributed by atoms with Crippen LogP contribution in [-0.2, 0) is 55.8 Å². The number of aromatic nitrogens is 3. The van der Waals surface area contributed by atoms with Crippen LogP contribution in [0, 0.1) is 0 Å². The van der Waals surface area contributed by atoms with Crippen LogP contribution in [0.2, 0.25) is 0 Å². The first-order valence-electron chi connectivity index (χ1n) is 12.4. The Morgan fingerprint density at radius 2 is 0.960 bits per heavy atom. The van der Waals surface area contributed by atoms with Crippen molar-refractivity contribution < 1.29 is 81.2 Å². The third-order valence-electron chi connectivity index (χ3n) is 5.42. The normalized spacial score (nSPS) is 11.6. The van der Waals surface area contributed by atoms with Crippen molar-refractivity contribution >= 4 is 114 Å². The molecular weight excluding hydrogens is 842 g/mol. The molecule has 26 heteroatoms. The summed E-state index contributed by atoms with van der Waals surface area (Å²) in [6.07, 6.45) is 0. The van der Waals surface area contributed by atoms with Gasteiger partial charge in [0.2, 0.25) is 10.0 Å². The molecule has 0 aliphatic rings. The maximum Gasteiger partial charge on any atom is 1.00 e. The predicted octanol–water partition coefficient (Wildman–Crippen LogP) is 3.29. The van der Waals surface area contributed by atoms with Crippen molar-refractivity contribution in [1.82, 2.24) is 21.6 Å². The molecule has 0 fully saturated rings. The topological polar surface area (TPSA) is 291 Å². The summed E-state index contributed by atoms with van der Waals surface area (Å²) in [6, 6.07) is 20.7. The first-order chi connectivity index (χ1) is 22.2. The summed E-state index contributed by atoms with van der Waals surface area (Å²) < 4.78 is 103. The molecule has 3 aromatic carbocycles. The van der Waals surface area contributed by atoms with Crippen LogP contribution in [0.5, 0.6) is 0 Å². The molecule has 268 valence electrons. The van der Waals surface area contributed by atoms with E-state index < -0.39 is 47.0 Å². The van der Waals surface area contributed by atoms with Crippen molar-refractivity contribution in [3.63, 3.8) is 0 Å². The minimum atomic E-state index is -4.31. The molecular formula is C24H23Cl4N5NaO12PS3. The molecule has 17 nitrogen and oxygen atoms in total. The molecule has 0 amide bonds. The number of primary sulfonamides is 1. The van der Waals surface area contributed by atoms with Crippen molar-refractivity contribution in [3.8, 4) is 0 Å². The van der Waals surface area contributed by atoms with Gasteiger partial charge in [-0.15, -0.1) is 0 Å². The zero-order valence-electron chi connectivity index (χ0n) is 25.3. The van der Waals surface area contributed by atoms with E-state index >= 15 is 0 Å². The summed E-state index contributed by atoms with van der Waals surface area (Å²) in [7, 11) is -11.7. The number of hydrogen-bond acceptors (Lipinski definition) is 16. The van der Waals surface area contributed by atoms with Gasteiger partial charge >= 0.3 is 34.8 Å². The van der Waals surface area contributed by atoms with Crippen molar-refractivity contribution in [2.75, 3.05) is 0 Å². The van der Waals surface area contributed by atoms with Gasteiger partial charge in [0.15, 0.2) is 16.7 Å². The Labute approximate surface area is 326 Å². The summed E-state index contributed by atoms with van der Waals surface area (Å²) in [4.78, 5) is 0. The number of hydrogen-bond donors (Lipinski definition) is 2. The van der Waals surface area contributed by atoms with Crippen LogP contribution in [0.25, 0.3) is 32.9 Å². The molecule has 0 atom stereocenters. The zero-order chi connectivity index (χ0) is 35.8. The third kappa shape index (κ3) is 16.2. The maximum atomic E-state index is 11.1. The van der Waals surface area contributed by atoms with E-state index in [1.54, 1.807) is 72.8 Å². The molecule has 0 bridgehead atoms. The SMILES string of the molecule is N.NS(=O)(=O)Cc1noc2ccccc12.O=P(Cl)(Cl)Cl.O=S(=O)(Cc1noc2ccccc12)OCl.O=S(=O)([O-])Cc1noc2ccccc12.[Na+]. The Morgan fingerprint density at radius 1 is 0.660 bits per heavy atom. The number of para-hydroxylation sites is 3. The monoisotopic (exact) mass is 863 g/mol. The molecule has 6 aromatic rings. The molecule has 5 N–H and O–H groups in total. The van der Waals surface area contributed by atoms with Gasteiger partial charge in [-0.3, -0.25) is 4.57 Å². The molecule has 50 heavy (non-hydrogen) atoms. The van der Waals surface area contributed by atoms with E-state index in [2.05, 4.69) is 52.9 Å². The standard InChI is InChI=1S/C8H6ClNO4S.C8H8N2O3S.C8H7NO4S.Cl3OP.H3N.Na/c9-14-15(11,12)5-7-6-3-1-2-4-8(6)13-10-7;9-14(11,12)5-7-6-3-1-2-4-8(6)13-10-7;10-14(11,12)5-7-6-3-1-2-4-8(6)13-9-7;1-5(2,3)4;;/h1-4H,5H2;1-4H,5H2,(H2,9,11,12);1-4H,5H2,(H,10,11,12);;1H3;/q;;;;;+1/p-1. The fraction of sp³-hybridized carbons (Fsp3) is 0.125. The summed E-state index contributed by atoms with van der Waals surface area (Å²) in [5.41, 5.74) is 2.36.